The minimum atomic E-state index is -1.13. The van der Waals surface area contributed by atoms with E-state index in [4.69, 9.17) is 14.2 Å². The summed E-state index contributed by atoms with van der Waals surface area (Å²) < 4.78 is 17.1. The van der Waals surface area contributed by atoms with Crippen molar-refractivity contribution in [1.29, 1.82) is 0 Å². The molecule has 0 bridgehead atoms. The van der Waals surface area contributed by atoms with Gasteiger partial charge in [-0.2, -0.15) is 0 Å². The third kappa shape index (κ3) is 35.0. The molecule has 0 radical (unpaired) electrons. The van der Waals surface area contributed by atoms with Gasteiger partial charge in [-0.3, -0.25) is 9.59 Å². The first-order valence-electron chi connectivity index (χ1n) is 21.5. The Labute approximate surface area is 325 Å². The highest BCUT2D eigenvalue weighted by Gasteiger charge is 2.25. The van der Waals surface area contributed by atoms with Crippen LogP contribution in [0.1, 0.15) is 181 Å². The molecule has 0 aliphatic heterocycles. The molecule has 0 fully saturated rings. The Morgan fingerprint density at radius 3 is 1.53 bits per heavy atom. The monoisotopic (exact) mass is 748 g/mol. The predicted molar refractivity (Wildman–Crippen MR) is 217 cm³/mol. The molecule has 308 valence electrons. The number of quaternary nitrogens is 1. The minimum absolute atomic E-state index is 0.0293. The van der Waals surface area contributed by atoms with Crippen LogP contribution < -0.4 is 5.11 Å². The maximum absolute atomic E-state index is 12.6. The fourth-order valence-corrected chi connectivity index (χ4v) is 6.12. The summed E-state index contributed by atoms with van der Waals surface area (Å²) in [6, 6.07) is -0.728. The summed E-state index contributed by atoms with van der Waals surface area (Å²) in [6.07, 6.45) is 40.4. The number of rotatable bonds is 38. The van der Waals surface area contributed by atoms with Crippen LogP contribution in [0.15, 0.2) is 36.5 Å². The molecule has 0 heterocycles. The first-order valence-corrected chi connectivity index (χ1v) is 21.5. The molecule has 0 spiro atoms. The van der Waals surface area contributed by atoms with Crippen molar-refractivity contribution in [1.82, 2.24) is 0 Å². The van der Waals surface area contributed by atoms with Crippen molar-refractivity contribution >= 4 is 17.9 Å². The molecule has 0 aliphatic carbocycles. The highest BCUT2D eigenvalue weighted by atomic mass is 16.6. The van der Waals surface area contributed by atoms with Crippen molar-refractivity contribution in [3.05, 3.63) is 36.5 Å². The van der Waals surface area contributed by atoms with E-state index in [9.17, 15) is 19.5 Å². The van der Waals surface area contributed by atoms with Crippen molar-refractivity contribution in [3.63, 3.8) is 0 Å². The summed E-state index contributed by atoms with van der Waals surface area (Å²) in [5, 5.41) is 11.6. The number of carbonyl (C=O) groups is 3. The van der Waals surface area contributed by atoms with Gasteiger partial charge in [-0.15, -0.1) is 0 Å². The molecule has 8 heteroatoms. The Morgan fingerprint density at radius 2 is 1.02 bits per heavy atom. The van der Waals surface area contributed by atoms with E-state index in [-0.39, 0.29) is 49.1 Å². The van der Waals surface area contributed by atoms with Gasteiger partial charge in [0.1, 0.15) is 12.6 Å². The van der Waals surface area contributed by atoms with Gasteiger partial charge < -0.3 is 28.6 Å². The van der Waals surface area contributed by atoms with Crippen molar-refractivity contribution < 1.29 is 38.2 Å². The number of aliphatic carboxylic acids is 1. The number of nitrogens with zero attached hydrogens (tertiary/aromatic N) is 1. The fourth-order valence-electron chi connectivity index (χ4n) is 6.12. The number of esters is 2. The first-order chi connectivity index (χ1) is 25.6. The van der Waals surface area contributed by atoms with Crippen LogP contribution in [0.2, 0.25) is 0 Å². The number of carboxylic acids is 1. The SMILES string of the molecule is CCCCCC/C=C/C=C/CCCCCCCCCCCCC(=O)OCC(COCCC(C(=O)[O-])[N+](C)(C)C)OC(=O)CCC/C=C/CCCCCC. The van der Waals surface area contributed by atoms with Crippen molar-refractivity contribution in [2.75, 3.05) is 41.0 Å². The molecule has 0 aromatic rings. The summed E-state index contributed by atoms with van der Waals surface area (Å²) in [4.78, 5) is 36.7. The third-order valence-electron chi connectivity index (χ3n) is 9.53. The topological polar surface area (TPSA) is 102 Å². The molecule has 0 saturated carbocycles. The smallest absolute Gasteiger partial charge is 0.306 e. The van der Waals surface area contributed by atoms with Crippen LogP contribution in [-0.2, 0) is 28.6 Å². The third-order valence-corrected chi connectivity index (χ3v) is 9.53. The Kier molecular flexibility index (Phi) is 34.8. The van der Waals surface area contributed by atoms with E-state index in [0.717, 1.165) is 32.1 Å². The lowest BCUT2D eigenvalue weighted by Gasteiger charge is -2.34. The van der Waals surface area contributed by atoms with Gasteiger partial charge in [-0.25, -0.2) is 0 Å². The quantitative estimate of drug-likeness (QED) is 0.0204. The largest absolute Gasteiger partial charge is 0.544 e. The lowest BCUT2D eigenvalue weighted by molar-refractivity contribution is -0.889. The molecule has 0 saturated heterocycles. The zero-order chi connectivity index (χ0) is 39.3. The van der Waals surface area contributed by atoms with Crippen molar-refractivity contribution in [2.24, 2.45) is 0 Å². The number of allylic oxidation sites excluding steroid dienone is 6. The maximum atomic E-state index is 12.6. The van der Waals surface area contributed by atoms with E-state index >= 15 is 0 Å². The molecule has 0 aromatic heterocycles. The molecule has 0 rings (SSSR count). The van der Waals surface area contributed by atoms with Crippen LogP contribution in [0.3, 0.4) is 0 Å². The molecule has 53 heavy (non-hydrogen) atoms. The number of hydrogen-bond donors (Lipinski definition) is 0. The second-order valence-electron chi connectivity index (χ2n) is 15.6. The second-order valence-corrected chi connectivity index (χ2v) is 15.6. The van der Waals surface area contributed by atoms with Crippen LogP contribution in [0, 0.1) is 0 Å². The zero-order valence-electron chi connectivity index (χ0n) is 34.9. The van der Waals surface area contributed by atoms with Crippen LogP contribution in [0.4, 0.5) is 0 Å². The first kappa shape index (κ1) is 50.5. The van der Waals surface area contributed by atoms with Crippen molar-refractivity contribution in [3.8, 4) is 0 Å². The summed E-state index contributed by atoms with van der Waals surface area (Å²) in [5.74, 6) is -1.78. The van der Waals surface area contributed by atoms with Gasteiger partial charge in [0.15, 0.2) is 6.10 Å². The van der Waals surface area contributed by atoms with Crippen LogP contribution >= 0.6 is 0 Å². The molecule has 0 aromatic carbocycles. The van der Waals surface area contributed by atoms with E-state index in [1.807, 2.05) is 0 Å². The Balaban J connectivity index is 4.25. The Morgan fingerprint density at radius 1 is 0.566 bits per heavy atom. The zero-order valence-corrected chi connectivity index (χ0v) is 34.9. The van der Waals surface area contributed by atoms with E-state index in [1.54, 1.807) is 21.1 Å². The number of carbonyl (C=O) groups excluding carboxylic acids is 3. The average Bonchev–Trinajstić information content (AvgIpc) is 3.11. The molecular weight excluding hydrogens is 666 g/mol. The average molecular weight is 748 g/mol. The molecule has 2 unspecified atom stereocenters. The van der Waals surface area contributed by atoms with Crippen molar-refractivity contribution in [2.45, 2.75) is 193 Å². The van der Waals surface area contributed by atoms with Gasteiger partial charge in [0.05, 0.1) is 40.3 Å². The number of likely N-dealkylation sites (N-methyl/N-ethyl adjacent to an activating group) is 1. The van der Waals surface area contributed by atoms with E-state index < -0.39 is 18.1 Å². The standard InChI is InChI=1S/C45H81NO7/c1-6-8-10-12-14-16-17-18-19-20-21-22-23-24-25-26-28-29-31-33-35-43(47)52-40-41(39-51-38-37-42(45(49)50)46(3,4)5)53-44(48)36-34-32-30-27-15-13-11-9-7-2/h16-19,27,30,41-42H,6-15,20-26,28-29,31-40H2,1-5H3/b17-16+,19-18+,30-27+. The highest BCUT2D eigenvalue weighted by Crippen LogP contribution is 2.14. The van der Waals surface area contributed by atoms with Gasteiger partial charge in [0.25, 0.3) is 0 Å². The highest BCUT2D eigenvalue weighted by molar-refractivity contribution is 5.70. The predicted octanol–water partition coefficient (Wildman–Crippen LogP) is 10.1. The molecule has 2 atom stereocenters. The number of hydrogen-bond acceptors (Lipinski definition) is 7. The van der Waals surface area contributed by atoms with Crippen LogP contribution in [0.5, 0.6) is 0 Å². The minimum Gasteiger partial charge on any atom is -0.544 e. The van der Waals surface area contributed by atoms with Crippen LogP contribution in [0.25, 0.3) is 0 Å². The van der Waals surface area contributed by atoms with Gasteiger partial charge in [-0.05, 0) is 57.8 Å². The fraction of sp³-hybridized carbons (Fsp3) is 0.800. The number of ether oxygens (including phenoxy) is 3. The maximum Gasteiger partial charge on any atom is 0.306 e. The Hall–Kier alpha value is -2.45. The molecule has 0 aliphatic rings. The van der Waals surface area contributed by atoms with Gasteiger partial charge >= 0.3 is 11.9 Å². The summed E-state index contributed by atoms with van der Waals surface area (Å²) in [5.41, 5.74) is 0. The Bertz CT molecular complexity index is 968. The number of unbranched alkanes of at least 4 members (excludes halogenated alkanes) is 19. The molecule has 0 amide bonds. The second kappa shape index (κ2) is 36.5. The molecule has 0 N–H and O–H groups in total. The van der Waals surface area contributed by atoms with Gasteiger partial charge in [0, 0.05) is 19.3 Å². The molecule has 8 nitrogen and oxygen atoms in total. The van der Waals surface area contributed by atoms with Gasteiger partial charge in [-0.1, -0.05) is 140 Å². The van der Waals surface area contributed by atoms with E-state index in [2.05, 4.69) is 50.3 Å². The van der Waals surface area contributed by atoms with E-state index in [0.29, 0.717) is 12.8 Å². The lowest BCUT2D eigenvalue weighted by atomic mass is 10.1. The summed E-state index contributed by atoms with van der Waals surface area (Å²) >= 11 is 0. The van der Waals surface area contributed by atoms with Crippen LogP contribution in [-0.4, -0.2) is 75.5 Å². The summed E-state index contributed by atoms with van der Waals surface area (Å²) in [6.45, 7) is 4.57. The number of carboxylic acid groups (broad SMARTS) is 1. The van der Waals surface area contributed by atoms with E-state index in [1.165, 1.54) is 109 Å². The summed E-state index contributed by atoms with van der Waals surface area (Å²) in [7, 11) is 5.39. The normalized spacial score (nSPS) is 13.3. The van der Waals surface area contributed by atoms with Gasteiger partial charge in [0.2, 0.25) is 0 Å². The molecular formula is C45H81NO7. The lowest BCUT2D eigenvalue weighted by Crippen LogP contribution is -2.55.